The van der Waals surface area contributed by atoms with Crippen LogP contribution in [0.5, 0.6) is 0 Å². The van der Waals surface area contributed by atoms with Gasteiger partial charge in [0.05, 0.1) is 6.04 Å². The lowest BCUT2D eigenvalue weighted by molar-refractivity contribution is 0.522. The predicted molar refractivity (Wildman–Crippen MR) is 79.4 cm³/mol. The number of halogens is 1. The lowest BCUT2D eigenvalue weighted by atomic mass is 10.1. The van der Waals surface area contributed by atoms with E-state index in [2.05, 4.69) is 18.3 Å². The molecule has 1 aromatic heterocycles. The number of benzene rings is 2. The summed E-state index contributed by atoms with van der Waals surface area (Å²) in [6, 6.07) is 14.4. The number of hydrogen-bond acceptors (Lipinski definition) is 2. The molecule has 1 N–H and O–H groups in total. The van der Waals surface area contributed by atoms with Crippen molar-refractivity contribution in [2.45, 2.75) is 19.9 Å². The second-order valence-corrected chi connectivity index (χ2v) is 4.96. The summed E-state index contributed by atoms with van der Waals surface area (Å²) in [4.78, 5) is 0. The van der Waals surface area contributed by atoms with Crippen molar-refractivity contribution in [3.8, 4) is 0 Å². The monoisotopic (exact) mass is 269 g/mol. The number of rotatable bonds is 3. The van der Waals surface area contributed by atoms with E-state index in [9.17, 15) is 4.39 Å². The minimum atomic E-state index is -0.233. The average Bonchev–Trinajstić information content (AvgIpc) is 2.79. The third-order valence-corrected chi connectivity index (χ3v) is 3.50. The van der Waals surface area contributed by atoms with Gasteiger partial charge in [0.1, 0.15) is 17.2 Å². The number of anilines is 1. The number of fused-ring (bicyclic) bond motifs is 1. The summed E-state index contributed by atoms with van der Waals surface area (Å²) in [6.07, 6.45) is 0. The zero-order valence-electron chi connectivity index (χ0n) is 11.5. The van der Waals surface area contributed by atoms with Gasteiger partial charge in [-0.25, -0.2) is 4.39 Å². The van der Waals surface area contributed by atoms with E-state index < -0.39 is 0 Å². The number of nitrogens with one attached hydrogen (secondary N) is 1. The van der Waals surface area contributed by atoms with Crippen molar-refractivity contribution in [3.05, 3.63) is 65.7 Å². The summed E-state index contributed by atoms with van der Waals surface area (Å²) >= 11 is 0. The Labute approximate surface area is 117 Å². The molecule has 0 aliphatic rings. The topological polar surface area (TPSA) is 25.2 Å². The van der Waals surface area contributed by atoms with Crippen LogP contribution in [0.25, 0.3) is 11.0 Å². The van der Waals surface area contributed by atoms with E-state index >= 15 is 0 Å². The van der Waals surface area contributed by atoms with Crippen molar-refractivity contribution < 1.29 is 8.81 Å². The van der Waals surface area contributed by atoms with Crippen LogP contribution in [-0.4, -0.2) is 0 Å². The fraction of sp³-hybridized carbons (Fsp3) is 0.176. The normalized spacial score (nSPS) is 12.6. The van der Waals surface area contributed by atoms with E-state index in [4.69, 9.17) is 4.42 Å². The summed E-state index contributed by atoms with van der Waals surface area (Å²) < 4.78 is 18.8. The van der Waals surface area contributed by atoms with Crippen LogP contribution in [0, 0.1) is 12.7 Å². The molecule has 2 nitrogen and oxygen atoms in total. The highest BCUT2D eigenvalue weighted by Gasteiger charge is 2.16. The quantitative estimate of drug-likeness (QED) is 0.719. The molecule has 3 rings (SSSR count). The molecule has 3 heteroatoms. The van der Waals surface area contributed by atoms with Crippen LogP contribution in [0.2, 0.25) is 0 Å². The summed E-state index contributed by atoms with van der Waals surface area (Å²) in [7, 11) is 0. The Hall–Kier alpha value is -2.29. The lowest BCUT2D eigenvalue weighted by Gasteiger charge is -2.13. The maximum Gasteiger partial charge on any atom is 0.134 e. The third-order valence-electron chi connectivity index (χ3n) is 3.50. The van der Waals surface area contributed by atoms with Gasteiger partial charge in [-0.2, -0.15) is 0 Å². The molecule has 2 aromatic carbocycles. The number of para-hydroxylation sites is 1. The molecule has 1 unspecified atom stereocenters. The highest BCUT2D eigenvalue weighted by molar-refractivity contribution is 5.82. The number of hydrogen-bond donors (Lipinski definition) is 1. The molecule has 0 aliphatic carbocycles. The third kappa shape index (κ3) is 2.27. The van der Waals surface area contributed by atoms with E-state index in [0.717, 1.165) is 28.0 Å². The first-order valence-corrected chi connectivity index (χ1v) is 6.65. The second-order valence-electron chi connectivity index (χ2n) is 4.96. The Kier molecular flexibility index (Phi) is 3.18. The summed E-state index contributed by atoms with van der Waals surface area (Å²) in [5.41, 5.74) is 2.91. The Morgan fingerprint density at radius 3 is 2.45 bits per heavy atom. The van der Waals surface area contributed by atoms with Gasteiger partial charge >= 0.3 is 0 Å². The average molecular weight is 269 g/mol. The van der Waals surface area contributed by atoms with Crippen molar-refractivity contribution in [3.63, 3.8) is 0 Å². The minimum absolute atomic E-state index is 0.0212. The Morgan fingerprint density at radius 1 is 1.05 bits per heavy atom. The van der Waals surface area contributed by atoms with Crippen LogP contribution < -0.4 is 5.32 Å². The molecule has 102 valence electrons. The lowest BCUT2D eigenvalue weighted by Crippen LogP contribution is -2.06. The van der Waals surface area contributed by atoms with Gasteiger partial charge in [0.25, 0.3) is 0 Å². The van der Waals surface area contributed by atoms with Gasteiger partial charge < -0.3 is 9.73 Å². The summed E-state index contributed by atoms with van der Waals surface area (Å²) in [5.74, 6) is 0.679. The fourth-order valence-corrected chi connectivity index (χ4v) is 2.47. The molecule has 0 saturated carbocycles. The molecule has 20 heavy (non-hydrogen) atoms. The maximum atomic E-state index is 12.9. The van der Waals surface area contributed by atoms with E-state index in [1.165, 1.54) is 12.1 Å². The predicted octanol–water partition coefficient (Wildman–Crippen LogP) is 5.05. The molecular formula is C17H16FNO. The molecule has 0 saturated heterocycles. The standard InChI is InChI=1S/C17H16FNO/c1-11-15-5-3-4-6-16(15)20-17(11)12(2)19-14-9-7-13(18)8-10-14/h3-10,12,19H,1-2H3. The zero-order valence-corrected chi connectivity index (χ0v) is 11.5. The van der Waals surface area contributed by atoms with Crippen molar-refractivity contribution in [2.75, 3.05) is 5.32 Å². The van der Waals surface area contributed by atoms with E-state index in [0.29, 0.717) is 0 Å². The van der Waals surface area contributed by atoms with Gasteiger partial charge in [-0.3, -0.25) is 0 Å². The van der Waals surface area contributed by atoms with Crippen molar-refractivity contribution >= 4 is 16.7 Å². The summed E-state index contributed by atoms with van der Waals surface area (Å²) in [6.45, 7) is 4.10. The van der Waals surface area contributed by atoms with E-state index in [-0.39, 0.29) is 11.9 Å². The molecule has 0 spiro atoms. The van der Waals surface area contributed by atoms with Crippen LogP contribution >= 0.6 is 0 Å². The number of aryl methyl sites for hydroxylation is 1. The maximum absolute atomic E-state index is 12.9. The van der Waals surface area contributed by atoms with Crippen molar-refractivity contribution in [1.29, 1.82) is 0 Å². The van der Waals surface area contributed by atoms with Gasteiger partial charge in [0, 0.05) is 16.6 Å². The minimum Gasteiger partial charge on any atom is -0.459 e. The van der Waals surface area contributed by atoms with Crippen molar-refractivity contribution in [1.82, 2.24) is 0 Å². The van der Waals surface area contributed by atoms with Crippen LogP contribution in [0.15, 0.2) is 52.9 Å². The molecule has 3 aromatic rings. The molecule has 1 atom stereocenters. The van der Waals surface area contributed by atoms with Gasteiger partial charge in [0.15, 0.2) is 0 Å². The highest BCUT2D eigenvalue weighted by atomic mass is 19.1. The van der Waals surface area contributed by atoms with E-state index in [1.54, 1.807) is 12.1 Å². The molecule has 0 bridgehead atoms. The first-order valence-electron chi connectivity index (χ1n) is 6.65. The van der Waals surface area contributed by atoms with Crippen LogP contribution in [0.1, 0.15) is 24.3 Å². The first-order chi connectivity index (χ1) is 9.65. The van der Waals surface area contributed by atoms with Gasteiger partial charge in [0.2, 0.25) is 0 Å². The zero-order chi connectivity index (χ0) is 14.1. The van der Waals surface area contributed by atoms with Crippen LogP contribution in [-0.2, 0) is 0 Å². The molecule has 0 radical (unpaired) electrons. The summed E-state index contributed by atoms with van der Waals surface area (Å²) in [5, 5.41) is 4.46. The molecule has 0 aliphatic heterocycles. The molecule has 1 heterocycles. The second kappa shape index (κ2) is 5.00. The molecular weight excluding hydrogens is 253 g/mol. The van der Waals surface area contributed by atoms with Gasteiger partial charge in [-0.05, 0) is 44.2 Å². The largest absolute Gasteiger partial charge is 0.459 e. The SMILES string of the molecule is Cc1c(C(C)Nc2ccc(F)cc2)oc2ccccc12. The first kappa shape index (κ1) is 12.7. The molecule has 0 amide bonds. The Balaban J connectivity index is 1.90. The van der Waals surface area contributed by atoms with Gasteiger partial charge in [-0.15, -0.1) is 0 Å². The fourth-order valence-electron chi connectivity index (χ4n) is 2.47. The van der Waals surface area contributed by atoms with Crippen molar-refractivity contribution in [2.24, 2.45) is 0 Å². The Morgan fingerprint density at radius 2 is 1.75 bits per heavy atom. The van der Waals surface area contributed by atoms with Gasteiger partial charge in [-0.1, -0.05) is 18.2 Å². The van der Waals surface area contributed by atoms with Crippen LogP contribution in [0.4, 0.5) is 10.1 Å². The Bertz CT molecular complexity index is 730. The molecule has 0 fully saturated rings. The number of furan rings is 1. The van der Waals surface area contributed by atoms with Crippen LogP contribution in [0.3, 0.4) is 0 Å². The smallest absolute Gasteiger partial charge is 0.134 e. The van der Waals surface area contributed by atoms with E-state index in [1.807, 2.05) is 25.1 Å². The highest BCUT2D eigenvalue weighted by Crippen LogP contribution is 2.30.